The molecular weight excluding hydrogens is 436 g/mol. The first-order chi connectivity index (χ1) is 16.5. The lowest BCUT2D eigenvalue weighted by Gasteiger charge is -2.38. The van der Waals surface area contributed by atoms with E-state index in [2.05, 4.69) is 44.2 Å². The number of nitrogens with one attached hydrogen (secondary N) is 1. The van der Waals surface area contributed by atoms with Crippen LogP contribution in [0.4, 0.5) is 0 Å². The van der Waals surface area contributed by atoms with E-state index in [0.29, 0.717) is 18.7 Å². The van der Waals surface area contributed by atoms with Gasteiger partial charge in [0.25, 0.3) is 5.95 Å². The van der Waals surface area contributed by atoms with Gasteiger partial charge < -0.3 is 14.8 Å². The van der Waals surface area contributed by atoms with E-state index in [1.54, 1.807) is 6.20 Å². The SMILES string of the molecule is COc1nc(-n2ncc(CN3C[C@@H](c4ccc5c(c4C)COC5=O)N[C@@H](C)C3)n2)ncc1C#N. The van der Waals surface area contributed by atoms with Crippen LogP contribution in [0.25, 0.3) is 5.95 Å². The summed E-state index contributed by atoms with van der Waals surface area (Å²) in [5, 5.41) is 21.6. The van der Waals surface area contributed by atoms with Gasteiger partial charge in [0.1, 0.15) is 18.2 Å². The molecule has 2 aliphatic heterocycles. The molecule has 0 radical (unpaired) electrons. The van der Waals surface area contributed by atoms with E-state index >= 15 is 0 Å². The van der Waals surface area contributed by atoms with Crippen LogP contribution in [0.1, 0.15) is 51.3 Å². The number of methoxy groups -OCH3 is 1. The molecule has 2 aliphatic rings. The van der Waals surface area contributed by atoms with E-state index < -0.39 is 0 Å². The molecule has 34 heavy (non-hydrogen) atoms. The van der Waals surface area contributed by atoms with Crippen LogP contribution in [0.3, 0.4) is 0 Å². The van der Waals surface area contributed by atoms with Gasteiger partial charge in [-0.25, -0.2) is 9.78 Å². The summed E-state index contributed by atoms with van der Waals surface area (Å²) in [5.74, 6) is 0.171. The second-order valence-electron chi connectivity index (χ2n) is 8.53. The Morgan fingerprint density at radius 3 is 2.97 bits per heavy atom. The van der Waals surface area contributed by atoms with Crippen molar-refractivity contribution < 1.29 is 14.3 Å². The lowest BCUT2D eigenvalue weighted by molar-refractivity contribution is 0.0535. The lowest BCUT2D eigenvalue weighted by atomic mass is 9.92. The third-order valence-electron chi connectivity index (χ3n) is 6.20. The Kier molecular flexibility index (Phi) is 5.69. The van der Waals surface area contributed by atoms with Gasteiger partial charge in [-0.15, -0.1) is 9.90 Å². The van der Waals surface area contributed by atoms with Gasteiger partial charge in [-0.3, -0.25) is 4.90 Å². The monoisotopic (exact) mass is 460 g/mol. The summed E-state index contributed by atoms with van der Waals surface area (Å²) >= 11 is 0. The molecule has 0 aliphatic carbocycles. The number of fused-ring (bicyclic) bond motifs is 1. The fourth-order valence-electron chi connectivity index (χ4n) is 4.61. The quantitative estimate of drug-likeness (QED) is 0.558. The van der Waals surface area contributed by atoms with Gasteiger partial charge in [0.05, 0.1) is 30.8 Å². The Morgan fingerprint density at radius 1 is 1.32 bits per heavy atom. The zero-order valence-electron chi connectivity index (χ0n) is 19.1. The largest absolute Gasteiger partial charge is 0.480 e. The maximum absolute atomic E-state index is 11.9. The van der Waals surface area contributed by atoms with E-state index in [4.69, 9.17) is 14.7 Å². The third-order valence-corrected chi connectivity index (χ3v) is 6.20. The topological polar surface area (TPSA) is 131 Å². The Labute approximate surface area is 196 Å². The van der Waals surface area contributed by atoms with Gasteiger partial charge in [0.15, 0.2) is 0 Å². The van der Waals surface area contributed by atoms with E-state index in [-0.39, 0.29) is 35.4 Å². The van der Waals surface area contributed by atoms with Crippen molar-refractivity contribution in [3.63, 3.8) is 0 Å². The average molecular weight is 460 g/mol. The number of piperazine rings is 1. The van der Waals surface area contributed by atoms with E-state index in [1.807, 2.05) is 18.2 Å². The summed E-state index contributed by atoms with van der Waals surface area (Å²) in [4.78, 5) is 23.9. The van der Waals surface area contributed by atoms with Crippen molar-refractivity contribution in [1.29, 1.82) is 5.26 Å². The number of cyclic esters (lactones) is 1. The minimum atomic E-state index is -0.247. The number of ether oxygens (including phenoxy) is 2. The summed E-state index contributed by atoms with van der Waals surface area (Å²) in [5.41, 5.74) is 4.96. The Hall–Kier alpha value is -3.88. The van der Waals surface area contributed by atoms with Gasteiger partial charge in [-0.2, -0.15) is 15.3 Å². The van der Waals surface area contributed by atoms with Gasteiger partial charge >= 0.3 is 5.97 Å². The van der Waals surface area contributed by atoms with E-state index in [1.165, 1.54) is 23.7 Å². The molecule has 1 N–H and O–H groups in total. The molecule has 0 unspecified atom stereocenters. The molecule has 1 saturated heterocycles. The second-order valence-corrected chi connectivity index (χ2v) is 8.53. The first kappa shape index (κ1) is 21.9. The van der Waals surface area contributed by atoms with Crippen LogP contribution in [-0.2, 0) is 17.9 Å². The van der Waals surface area contributed by atoms with Crippen molar-refractivity contribution in [2.75, 3.05) is 20.2 Å². The first-order valence-corrected chi connectivity index (χ1v) is 11.0. The smallest absolute Gasteiger partial charge is 0.338 e. The highest BCUT2D eigenvalue weighted by atomic mass is 16.5. The van der Waals surface area contributed by atoms with Gasteiger partial charge in [-0.05, 0) is 31.0 Å². The number of aromatic nitrogens is 5. The Balaban J connectivity index is 1.33. The Bertz CT molecular complexity index is 1300. The number of carbonyl (C=O) groups excluding carboxylic acids is 1. The zero-order valence-corrected chi connectivity index (χ0v) is 19.1. The molecule has 0 amide bonds. The zero-order chi connectivity index (χ0) is 23.8. The summed E-state index contributed by atoms with van der Waals surface area (Å²) in [6.45, 7) is 6.80. The number of hydrogen-bond acceptors (Lipinski definition) is 10. The molecule has 1 fully saturated rings. The number of benzene rings is 1. The molecule has 11 heteroatoms. The van der Waals surface area contributed by atoms with Crippen LogP contribution in [0, 0.1) is 18.3 Å². The molecule has 2 aromatic heterocycles. The number of carbonyl (C=O) groups is 1. The molecule has 3 aromatic rings. The summed E-state index contributed by atoms with van der Waals surface area (Å²) in [6, 6.07) is 6.27. The van der Waals surface area contributed by atoms with E-state index in [0.717, 1.165) is 29.9 Å². The minimum Gasteiger partial charge on any atom is -0.480 e. The third kappa shape index (κ3) is 3.98. The fourth-order valence-corrected chi connectivity index (χ4v) is 4.61. The maximum Gasteiger partial charge on any atom is 0.338 e. The molecule has 11 nitrogen and oxygen atoms in total. The number of nitriles is 1. The van der Waals surface area contributed by atoms with Crippen molar-refractivity contribution in [3.8, 4) is 17.9 Å². The number of esters is 1. The van der Waals surface area contributed by atoms with Crippen molar-refractivity contribution in [2.24, 2.45) is 0 Å². The lowest BCUT2D eigenvalue weighted by Crippen LogP contribution is -2.50. The van der Waals surface area contributed by atoms with Gasteiger partial charge in [0.2, 0.25) is 5.88 Å². The molecular formula is C23H24N8O3. The summed E-state index contributed by atoms with van der Waals surface area (Å²) in [6.07, 6.45) is 3.09. The van der Waals surface area contributed by atoms with Crippen LogP contribution in [0.5, 0.6) is 5.88 Å². The normalized spacial score (nSPS) is 20.0. The molecule has 5 rings (SSSR count). The van der Waals surface area contributed by atoms with E-state index in [9.17, 15) is 4.79 Å². The second kappa shape index (κ2) is 8.81. The summed E-state index contributed by atoms with van der Waals surface area (Å²) in [7, 11) is 1.45. The van der Waals surface area contributed by atoms with Gasteiger partial charge in [0, 0.05) is 37.3 Å². The van der Waals surface area contributed by atoms with Crippen molar-refractivity contribution in [2.45, 2.75) is 39.1 Å². The highest BCUT2D eigenvalue weighted by molar-refractivity contribution is 5.94. The van der Waals surface area contributed by atoms with Crippen molar-refractivity contribution >= 4 is 5.97 Å². The van der Waals surface area contributed by atoms with Crippen LogP contribution >= 0.6 is 0 Å². The standard InChI is InChI=1S/C23H24N8O3/c1-13-9-30(11-20(27-13)17-4-5-18-19(14(17)2)12-34-22(18)32)10-16-8-26-31(29-16)23-25-7-15(6-24)21(28-23)33-3/h4-5,7-8,13,20,27H,9-12H2,1-3H3/t13-,20-/m0/s1. The van der Waals surface area contributed by atoms with Crippen molar-refractivity contribution in [3.05, 3.63) is 58.0 Å². The average Bonchev–Trinajstić information content (AvgIpc) is 3.45. The molecule has 0 bridgehead atoms. The van der Waals surface area contributed by atoms with Gasteiger partial charge in [-0.1, -0.05) is 6.07 Å². The molecule has 2 atom stereocenters. The van der Waals surface area contributed by atoms with Crippen molar-refractivity contribution in [1.82, 2.24) is 35.2 Å². The van der Waals surface area contributed by atoms with Crippen LogP contribution in [-0.4, -0.2) is 62.1 Å². The predicted octanol–water partition coefficient (Wildman–Crippen LogP) is 1.45. The number of nitrogens with zero attached hydrogens (tertiary/aromatic N) is 7. The molecule has 1 aromatic carbocycles. The Morgan fingerprint density at radius 2 is 2.18 bits per heavy atom. The molecule has 174 valence electrons. The van der Waals surface area contributed by atoms with Crippen LogP contribution in [0.2, 0.25) is 0 Å². The summed E-state index contributed by atoms with van der Waals surface area (Å²) < 4.78 is 10.4. The predicted molar refractivity (Wildman–Crippen MR) is 119 cm³/mol. The highest BCUT2D eigenvalue weighted by Crippen LogP contribution is 2.31. The molecule has 0 spiro atoms. The number of rotatable bonds is 5. The molecule has 0 saturated carbocycles. The number of hydrogen-bond donors (Lipinski definition) is 1. The maximum atomic E-state index is 11.9. The first-order valence-electron chi connectivity index (χ1n) is 11.0. The van der Waals surface area contributed by atoms with Crippen LogP contribution in [0.15, 0.2) is 24.5 Å². The molecule has 4 heterocycles. The highest BCUT2D eigenvalue weighted by Gasteiger charge is 2.30. The van der Waals surface area contributed by atoms with Crippen LogP contribution < -0.4 is 10.1 Å². The fraction of sp³-hybridized carbons (Fsp3) is 0.391. The minimum absolute atomic E-state index is 0.117.